The van der Waals surface area contributed by atoms with Gasteiger partial charge in [-0.25, -0.2) is 0 Å². The topological polar surface area (TPSA) is 60.0 Å². The van der Waals surface area contributed by atoms with E-state index in [1.807, 2.05) is 30.3 Å². The Morgan fingerprint density at radius 3 is 2.58 bits per heavy atom. The number of aryl methyl sites for hydroxylation is 1. The van der Waals surface area contributed by atoms with Crippen LogP contribution in [0.3, 0.4) is 0 Å². The van der Waals surface area contributed by atoms with Gasteiger partial charge in [0, 0.05) is 25.8 Å². The van der Waals surface area contributed by atoms with Crippen LogP contribution >= 0.6 is 12.2 Å². The summed E-state index contributed by atoms with van der Waals surface area (Å²) in [6.45, 7) is 3.58. The first-order valence-corrected chi connectivity index (χ1v) is 10.7. The van der Waals surface area contributed by atoms with E-state index in [4.69, 9.17) is 26.4 Å². The van der Waals surface area contributed by atoms with Gasteiger partial charge in [-0.1, -0.05) is 25.1 Å². The number of methoxy groups -OCH3 is 2. The van der Waals surface area contributed by atoms with Crippen molar-refractivity contribution in [2.75, 3.05) is 27.4 Å². The maximum Gasteiger partial charge on any atom is 0.276 e. The Bertz CT molecular complexity index is 957. The molecule has 1 heterocycles. The third kappa shape index (κ3) is 5.83. The molecule has 0 bridgehead atoms. The van der Waals surface area contributed by atoms with Gasteiger partial charge in [0.25, 0.3) is 5.91 Å². The molecular formula is C24H28N2O4S. The lowest BCUT2D eigenvalue weighted by atomic mass is 10.1. The molecule has 0 atom stereocenters. The number of hydrogen-bond acceptors (Lipinski definition) is 5. The molecule has 0 unspecified atom stereocenters. The molecule has 1 N–H and O–H groups in total. The van der Waals surface area contributed by atoms with Crippen LogP contribution in [-0.2, 0) is 22.6 Å². The van der Waals surface area contributed by atoms with Crippen LogP contribution in [-0.4, -0.2) is 43.3 Å². The Labute approximate surface area is 188 Å². The third-order valence-corrected chi connectivity index (χ3v) is 5.36. The molecule has 0 spiro atoms. The van der Waals surface area contributed by atoms with Crippen molar-refractivity contribution < 1.29 is 19.0 Å². The Hall–Kier alpha value is -2.90. The normalized spacial score (nSPS) is 14.8. The van der Waals surface area contributed by atoms with Gasteiger partial charge in [0.05, 0.1) is 7.11 Å². The molecule has 2 aromatic rings. The summed E-state index contributed by atoms with van der Waals surface area (Å²) in [5, 5.41) is 3.43. The minimum Gasteiger partial charge on any atom is -0.496 e. The number of thiocarbonyl (C=S) groups is 1. The van der Waals surface area contributed by atoms with E-state index in [0.29, 0.717) is 30.6 Å². The van der Waals surface area contributed by atoms with Crippen LogP contribution in [0.15, 0.2) is 48.2 Å². The molecule has 0 radical (unpaired) electrons. The molecule has 164 valence electrons. The first-order valence-electron chi connectivity index (χ1n) is 10.3. The second kappa shape index (κ2) is 10.9. The van der Waals surface area contributed by atoms with E-state index in [9.17, 15) is 4.79 Å². The van der Waals surface area contributed by atoms with E-state index >= 15 is 0 Å². The average molecular weight is 441 g/mol. The maximum absolute atomic E-state index is 12.7. The lowest BCUT2D eigenvalue weighted by molar-refractivity contribution is -0.122. The Morgan fingerprint density at radius 1 is 1.13 bits per heavy atom. The highest BCUT2D eigenvalue weighted by molar-refractivity contribution is 7.80. The monoisotopic (exact) mass is 440 g/mol. The minimum atomic E-state index is -0.134. The van der Waals surface area contributed by atoms with Gasteiger partial charge in [0.15, 0.2) is 5.11 Å². The summed E-state index contributed by atoms with van der Waals surface area (Å²) >= 11 is 5.31. The van der Waals surface area contributed by atoms with Crippen molar-refractivity contribution in [3.8, 4) is 11.5 Å². The lowest BCUT2D eigenvalue weighted by Gasteiger charge is -2.13. The first-order chi connectivity index (χ1) is 15.0. The van der Waals surface area contributed by atoms with E-state index in [1.165, 1.54) is 5.56 Å². The fraction of sp³-hybridized carbons (Fsp3) is 0.333. The molecule has 1 fully saturated rings. The summed E-state index contributed by atoms with van der Waals surface area (Å²) in [5.74, 6) is 1.40. The number of hydrogen-bond donors (Lipinski definition) is 1. The summed E-state index contributed by atoms with van der Waals surface area (Å²) in [4.78, 5) is 14.3. The highest BCUT2D eigenvalue weighted by atomic mass is 32.1. The molecule has 0 aromatic heterocycles. The zero-order valence-corrected chi connectivity index (χ0v) is 19.0. The SMILES string of the molecule is CCc1ccc(OCc2cc(/C=C3/NC(=S)N(CCCOC)C3=O)ccc2OC)cc1. The molecule has 7 heteroatoms. The molecule has 1 amide bonds. The highest BCUT2D eigenvalue weighted by Crippen LogP contribution is 2.24. The van der Waals surface area contributed by atoms with Crippen molar-refractivity contribution in [3.63, 3.8) is 0 Å². The molecule has 1 aliphatic heterocycles. The predicted molar refractivity (Wildman–Crippen MR) is 125 cm³/mol. The number of amides is 1. The van der Waals surface area contributed by atoms with E-state index in [1.54, 1.807) is 25.2 Å². The minimum absolute atomic E-state index is 0.134. The highest BCUT2D eigenvalue weighted by Gasteiger charge is 2.30. The number of nitrogens with one attached hydrogen (secondary N) is 1. The molecule has 0 saturated carbocycles. The number of benzene rings is 2. The average Bonchev–Trinajstić information content (AvgIpc) is 3.05. The van der Waals surface area contributed by atoms with Crippen molar-refractivity contribution in [2.24, 2.45) is 0 Å². The van der Waals surface area contributed by atoms with Gasteiger partial charge >= 0.3 is 0 Å². The van der Waals surface area contributed by atoms with Crippen LogP contribution in [0, 0.1) is 0 Å². The van der Waals surface area contributed by atoms with Crippen molar-refractivity contribution in [3.05, 3.63) is 64.9 Å². The molecule has 2 aromatic carbocycles. The van der Waals surface area contributed by atoms with Crippen molar-refractivity contribution >= 4 is 29.3 Å². The van der Waals surface area contributed by atoms with Crippen molar-refractivity contribution in [1.29, 1.82) is 0 Å². The number of nitrogens with zero attached hydrogens (tertiary/aromatic N) is 1. The van der Waals surface area contributed by atoms with E-state index in [0.717, 1.165) is 35.5 Å². The molecule has 1 saturated heterocycles. The van der Waals surface area contributed by atoms with Crippen LogP contribution in [0.1, 0.15) is 30.0 Å². The van der Waals surface area contributed by atoms with Crippen LogP contribution in [0.2, 0.25) is 0 Å². The molecule has 3 rings (SSSR count). The Morgan fingerprint density at radius 2 is 1.90 bits per heavy atom. The van der Waals surface area contributed by atoms with E-state index < -0.39 is 0 Å². The van der Waals surface area contributed by atoms with Gasteiger partial charge < -0.3 is 19.5 Å². The van der Waals surface area contributed by atoms with Crippen molar-refractivity contribution in [1.82, 2.24) is 10.2 Å². The maximum atomic E-state index is 12.7. The molecule has 1 aliphatic rings. The van der Waals surface area contributed by atoms with Crippen molar-refractivity contribution in [2.45, 2.75) is 26.4 Å². The summed E-state index contributed by atoms with van der Waals surface area (Å²) < 4.78 is 16.5. The first kappa shape index (κ1) is 22.8. The molecular weight excluding hydrogens is 412 g/mol. The van der Waals surface area contributed by atoms with Crippen LogP contribution in [0.5, 0.6) is 11.5 Å². The summed E-state index contributed by atoms with van der Waals surface area (Å²) in [6.07, 6.45) is 3.51. The molecule has 6 nitrogen and oxygen atoms in total. The number of rotatable bonds is 10. The van der Waals surface area contributed by atoms with Gasteiger partial charge in [-0.3, -0.25) is 9.69 Å². The van der Waals surface area contributed by atoms with Crippen LogP contribution < -0.4 is 14.8 Å². The fourth-order valence-corrected chi connectivity index (χ4v) is 3.58. The quantitative estimate of drug-likeness (QED) is 0.343. The van der Waals surface area contributed by atoms with Gasteiger partial charge in [-0.05, 0) is 66.5 Å². The summed E-state index contributed by atoms with van der Waals surface area (Å²) in [5.41, 5.74) is 3.47. The van der Waals surface area contributed by atoms with E-state index in [2.05, 4.69) is 24.4 Å². The Balaban J connectivity index is 1.73. The lowest BCUT2D eigenvalue weighted by Crippen LogP contribution is -2.32. The standard InChI is InChI=1S/C24H28N2O4S/c1-4-17-6-9-20(10-7-17)30-16-19-14-18(8-11-22(19)29-3)15-21-23(27)26(24(31)25-21)12-5-13-28-2/h6-11,14-15H,4-5,12-13,16H2,1-3H3,(H,25,31)/b21-15+. The van der Waals surface area contributed by atoms with Crippen LogP contribution in [0.4, 0.5) is 0 Å². The molecule has 31 heavy (non-hydrogen) atoms. The number of carbonyl (C=O) groups is 1. The van der Waals surface area contributed by atoms with Gasteiger partial charge in [0.1, 0.15) is 23.8 Å². The van der Waals surface area contributed by atoms with Crippen LogP contribution in [0.25, 0.3) is 6.08 Å². The van der Waals surface area contributed by atoms with Gasteiger partial charge in [-0.15, -0.1) is 0 Å². The second-order valence-corrected chi connectivity index (χ2v) is 7.54. The number of carbonyl (C=O) groups excluding carboxylic acids is 1. The zero-order valence-electron chi connectivity index (χ0n) is 18.1. The summed E-state index contributed by atoms with van der Waals surface area (Å²) in [6, 6.07) is 13.8. The predicted octanol–water partition coefficient (Wildman–Crippen LogP) is 3.93. The van der Waals surface area contributed by atoms with Gasteiger partial charge in [0.2, 0.25) is 0 Å². The largest absolute Gasteiger partial charge is 0.496 e. The Kier molecular flexibility index (Phi) is 8.03. The summed E-state index contributed by atoms with van der Waals surface area (Å²) in [7, 11) is 3.27. The van der Waals surface area contributed by atoms with Gasteiger partial charge in [-0.2, -0.15) is 0 Å². The zero-order chi connectivity index (χ0) is 22.2. The smallest absolute Gasteiger partial charge is 0.276 e. The third-order valence-electron chi connectivity index (χ3n) is 5.03. The van der Waals surface area contributed by atoms with E-state index in [-0.39, 0.29) is 5.91 Å². The fourth-order valence-electron chi connectivity index (χ4n) is 3.29. The number of ether oxygens (including phenoxy) is 3. The second-order valence-electron chi connectivity index (χ2n) is 7.15. The molecule has 0 aliphatic carbocycles.